The van der Waals surface area contributed by atoms with E-state index in [4.69, 9.17) is 5.73 Å². The van der Waals surface area contributed by atoms with E-state index in [2.05, 4.69) is 5.32 Å². The smallest absolute Gasteiger partial charge is 0.183 e. The average Bonchev–Trinajstić information content (AvgIpc) is 2.42. The first-order valence-electron chi connectivity index (χ1n) is 6.16. The lowest BCUT2D eigenvalue weighted by Crippen LogP contribution is -2.11. The second-order valence-corrected chi connectivity index (χ2v) is 4.70. The Morgan fingerprint density at radius 2 is 1.75 bits per heavy atom. The average molecular weight is 280 g/mol. The summed E-state index contributed by atoms with van der Waals surface area (Å²) in [5.74, 6) is -2.36. The number of anilines is 2. The van der Waals surface area contributed by atoms with E-state index in [0.29, 0.717) is 11.1 Å². The van der Waals surface area contributed by atoms with Crippen molar-refractivity contribution in [3.8, 4) is 0 Å². The van der Waals surface area contributed by atoms with Gasteiger partial charge in [0.15, 0.2) is 11.6 Å². The van der Waals surface area contributed by atoms with Crippen LogP contribution in [0.25, 0.3) is 0 Å². The van der Waals surface area contributed by atoms with Gasteiger partial charge in [-0.25, -0.2) is 13.2 Å². The van der Waals surface area contributed by atoms with E-state index in [1.165, 1.54) is 12.1 Å². The molecule has 106 valence electrons. The fraction of sp³-hybridized carbons (Fsp3) is 0.200. The van der Waals surface area contributed by atoms with E-state index in [1.54, 1.807) is 26.0 Å². The highest BCUT2D eigenvalue weighted by Crippen LogP contribution is 2.29. The van der Waals surface area contributed by atoms with Crippen LogP contribution in [0, 0.1) is 24.4 Å². The number of aryl methyl sites for hydroxylation is 1. The van der Waals surface area contributed by atoms with Crippen LogP contribution in [0.3, 0.4) is 0 Å². The molecule has 3 N–H and O–H groups in total. The molecule has 0 fully saturated rings. The van der Waals surface area contributed by atoms with Gasteiger partial charge < -0.3 is 11.1 Å². The van der Waals surface area contributed by atoms with Gasteiger partial charge in [0.1, 0.15) is 5.82 Å². The third-order valence-corrected chi connectivity index (χ3v) is 3.18. The maximum Gasteiger partial charge on any atom is 0.183 e. The fourth-order valence-electron chi connectivity index (χ4n) is 1.89. The van der Waals surface area contributed by atoms with Crippen LogP contribution in [-0.4, -0.2) is 0 Å². The Balaban J connectivity index is 2.30. The second-order valence-electron chi connectivity index (χ2n) is 4.70. The molecule has 0 amide bonds. The van der Waals surface area contributed by atoms with Crippen LogP contribution in [-0.2, 0) is 0 Å². The quantitative estimate of drug-likeness (QED) is 0.828. The van der Waals surface area contributed by atoms with Crippen molar-refractivity contribution in [2.45, 2.75) is 19.9 Å². The number of rotatable bonds is 3. The number of nitrogen functional groups attached to an aromatic ring is 1. The van der Waals surface area contributed by atoms with Crippen LogP contribution in [0.2, 0.25) is 0 Å². The Hall–Kier alpha value is -2.17. The van der Waals surface area contributed by atoms with Gasteiger partial charge in [0.05, 0.1) is 11.4 Å². The van der Waals surface area contributed by atoms with Gasteiger partial charge in [0, 0.05) is 6.04 Å². The molecule has 1 unspecified atom stereocenters. The molecule has 1 atom stereocenters. The molecular formula is C15H15F3N2. The summed E-state index contributed by atoms with van der Waals surface area (Å²) in [6, 6.07) is 6.55. The van der Waals surface area contributed by atoms with Crippen LogP contribution in [0.1, 0.15) is 24.1 Å². The predicted molar refractivity (Wildman–Crippen MR) is 73.9 cm³/mol. The van der Waals surface area contributed by atoms with Gasteiger partial charge in [0.2, 0.25) is 0 Å². The van der Waals surface area contributed by atoms with E-state index in [0.717, 1.165) is 6.07 Å². The standard InChI is InChI=1S/C15H15F3N2/c1-8-3-4-10(7-12(8)17)9(2)20-15-13(19)6-5-11(16)14(15)18/h3-7,9,20H,19H2,1-2H3. The van der Waals surface area contributed by atoms with E-state index in [1.807, 2.05) is 0 Å². The summed E-state index contributed by atoms with van der Waals surface area (Å²) in [6.07, 6.45) is 0. The molecule has 20 heavy (non-hydrogen) atoms. The summed E-state index contributed by atoms with van der Waals surface area (Å²) in [4.78, 5) is 0. The van der Waals surface area contributed by atoms with Crippen molar-refractivity contribution in [3.63, 3.8) is 0 Å². The maximum atomic E-state index is 13.7. The molecule has 2 aromatic rings. The summed E-state index contributed by atoms with van der Waals surface area (Å²) in [5, 5.41) is 2.78. The number of hydrogen-bond donors (Lipinski definition) is 2. The summed E-state index contributed by atoms with van der Waals surface area (Å²) in [7, 11) is 0. The number of nitrogens with two attached hydrogens (primary N) is 1. The third-order valence-electron chi connectivity index (χ3n) is 3.18. The minimum absolute atomic E-state index is 0.100. The molecule has 0 aliphatic rings. The Bertz CT molecular complexity index is 641. The molecule has 0 aliphatic heterocycles. The highest BCUT2D eigenvalue weighted by molar-refractivity contribution is 5.67. The van der Waals surface area contributed by atoms with Crippen LogP contribution in [0.4, 0.5) is 24.5 Å². The van der Waals surface area contributed by atoms with E-state index in [9.17, 15) is 13.2 Å². The van der Waals surface area contributed by atoms with Crippen LogP contribution < -0.4 is 11.1 Å². The van der Waals surface area contributed by atoms with Crippen molar-refractivity contribution in [1.82, 2.24) is 0 Å². The molecular weight excluding hydrogens is 265 g/mol. The predicted octanol–water partition coefficient (Wildman–Crippen LogP) is 4.17. The first kappa shape index (κ1) is 14.2. The van der Waals surface area contributed by atoms with E-state index < -0.39 is 17.7 Å². The first-order chi connectivity index (χ1) is 9.40. The van der Waals surface area contributed by atoms with Crippen molar-refractivity contribution >= 4 is 11.4 Å². The second kappa shape index (κ2) is 5.45. The highest BCUT2D eigenvalue weighted by Gasteiger charge is 2.15. The Morgan fingerprint density at radius 3 is 2.40 bits per heavy atom. The van der Waals surface area contributed by atoms with Crippen molar-refractivity contribution in [2.24, 2.45) is 0 Å². The molecule has 0 aliphatic carbocycles. The van der Waals surface area contributed by atoms with Gasteiger partial charge >= 0.3 is 0 Å². The van der Waals surface area contributed by atoms with Crippen molar-refractivity contribution < 1.29 is 13.2 Å². The van der Waals surface area contributed by atoms with E-state index >= 15 is 0 Å². The Labute approximate surface area is 115 Å². The Kier molecular flexibility index (Phi) is 3.88. The topological polar surface area (TPSA) is 38.0 Å². The van der Waals surface area contributed by atoms with Crippen molar-refractivity contribution in [3.05, 3.63) is 58.9 Å². The third kappa shape index (κ3) is 2.71. The number of halogens is 3. The summed E-state index contributed by atoms with van der Waals surface area (Å²) in [6.45, 7) is 3.37. The zero-order chi connectivity index (χ0) is 14.9. The van der Waals surface area contributed by atoms with Crippen LogP contribution in [0.5, 0.6) is 0 Å². The normalized spacial score (nSPS) is 12.2. The molecule has 5 heteroatoms. The zero-order valence-electron chi connectivity index (χ0n) is 11.2. The minimum atomic E-state index is -1.04. The monoisotopic (exact) mass is 280 g/mol. The SMILES string of the molecule is Cc1ccc(C(C)Nc2c(N)ccc(F)c2F)cc1F. The molecule has 0 aromatic heterocycles. The number of benzene rings is 2. The molecule has 0 saturated heterocycles. The molecule has 2 nitrogen and oxygen atoms in total. The number of nitrogens with one attached hydrogen (secondary N) is 1. The van der Waals surface area contributed by atoms with Gasteiger partial charge in [-0.2, -0.15) is 0 Å². The van der Waals surface area contributed by atoms with Crippen molar-refractivity contribution in [1.29, 1.82) is 0 Å². The summed E-state index contributed by atoms with van der Waals surface area (Å²) < 4.78 is 40.4. The minimum Gasteiger partial charge on any atom is -0.397 e. The summed E-state index contributed by atoms with van der Waals surface area (Å²) in [5.41, 5.74) is 6.76. The first-order valence-corrected chi connectivity index (χ1v) is 6.16. The fourth-order valence-corrected chi connectivity index (χ4v) is 1.89. The lowest BCUT2D eigenvalue weighted by atomic mass is 10.1. The van der Waals surface area contributed by atoms with Gasteiger partial charge in [-0.1, -0.05) is 12.1 Å². The highest BCUT2D eigenvalue weighted by atomic mass is 19.2. The lowest BCUT2D eigenvalue weighted by molar-refractivity contribution is 0.510. The van der Waals surface area contributed by atoms with Gasteiger partial charge in [-0.05, 0) is 43.2 Å². The molecule has 0 spiro atoms. The lowest BCUT2D eigenvalue weighted by Gasteiger charge is -2.18. The molecule has 0 radical (unpaired) electrons. The van der Waals surface area contributed by atoms with E-state index in [-0.39, 0.29) is 17.2 Å². The molecule has 2 rings (SSSR count). The maximum absolute atomic E-state index is 13.7. The molecule has 0 heterocycles. The van der Waals surface area contributed by atoms with Gasteiger partial charge in [-0.3, -0.25) is 0 Å². The van der Waals surface area contributed by atoms with Gasteiger partial charge in [0.25, 0.3) is 0 Å². The molecule has 0 saturated carbocycles. The van der Waals surface area contributed by atoms with Crippen LogP contribution >= 0.6 is 0 Å². The van der Waals surface area contributed by atoms with Crippen molar-refractivity contribution in [2.75, 3.05) is 11.1 Å². The largest absolute Gasteiger partial charge is 0.397 e. The summed E-state index contributed by atoms with van der Waals surface area (Å²) >= 11 is 0. The van der Waals surface area contributed by atoms with Crippen LogP contribution in [0.15, 0.2) is 30.3 Å². The number of hydrogen-bond acceptors (Lipinski definition) is 2. The molecule has 0 bridgehead atoms. The Morgan fingerprint density at radius 1 is 1.05 bits per heavy atom. The molecule has 2 aromatic carbocycles. The van der Waals surface area contributed by atoms with Gasteiger partial charge in [-0.15, -0.1) is 0 Å². The zero-order valence-corrected chi connectivity index (χ0v) is 11.2.